The van der Waals surface area contributed by atoms with E-state index in [4.69, 9.17) is 4.74 Å². The Bertz CT molecular complexity index is 889. The third kappa shape index (κ3) is 3.03. The molecular formula is C18H16FN3O2. The quantitative estimate of drug-likeness (QED) is 0.742. The number of H-pyrrole nitrogens is 1. The number of aromatic amines is 1. The zero-order chi connectivity index (χ0) is 17.1. The monoisotopic (exact) mass is 325 g/mol. The van der Waals surface area contributed by atoms with Crippen LogP contribution >= 0.6 is 0 Å². The van der Waals surface area contributed by atoms with Gasteiger partial charge in [-0.25, -0.2) is 9.18 Å². The van der Waals surface area contributed by atoms with Crippen LogP contribution in [0.2, 0.25) is 0 Å². The van der Waals surface area contributed by atoms with Gasteiger partial charge in [0, 0.05) is 5.56 Å². The van der Waals surface area contributed by atoms with Crippen LogP contribution in [0.3, 0.4) is 0 Å². The Hall–Kier alpha value is -3.02. The Kier molecular flexibility index (Phi) is 4.37. The molecule has 3 aromatic rings. The normalized spacial score (nSPS) is 10.6. The molecule has 0 unspecified atom stereocenters. The molecule has 2 aromatic carbocycles. The van der Waals surface area contributed by atoms with Crippen LogP contribution < -0.4 is 0 Å². The van der Waals surface area contributed by atoms with Gasteiger partial charge in [-0.2, -0.15) is 10.3 Å². The van der Waals surface area contributed by atoms with Crippen LogP contribution in [0.25, 0.3) is 22.4 Å². The summed E-state index contributed by atoms with van der Waals surface area (Å²) in [6, 6.07) is 12.4. The summed E-state index contributed by atoms with van der Waals surface area (Å²) in [5, 5.41) is 10.4. The Labute approximate surface area is 138 Å². The molecule has 0 spiro atoms. The zero-order valence-electron chi connectivity index (χ0n) is 13.3. The third-order valence-electron chi connectivity index (χ3n) is 3.66. The van der Waals surface area contributed by atoms with Gasteiger partial charge in [0.25, 0.3) is 0 Å². The number of esters is 1. The molecule has 24 heavy (non-hydrogen) atoms. The van der Waals surface area contributed by atoms with Gasteiger partial charge in [-0.15, -0.1) is 5.10 Å². The molecule has 0 aliphatic carbocycles. The van der Waals surface area contributed by atoms with E-state index < -0.39 is 5.97 Å². The van der Waals surface area contributed by atoms with Crippen LogP contribution in [0.5, 0.6) is 0 Å². The summed E-state index contributed by atoms with van der Waals surface area (Å²) < 4.78 is 18.8. The topological polar surface area (TPSA) is 67.9 Å². The van der Waals surface area contributed by atoms with E-state index in [1.807, 2.05) is 30.3 Å². The Morgan fingerprint density at radius 2 is 1.88 bits per heavy atom. The van der Waals surface area contributed by atoms with E-state index in [0.717, 1.165) is 11.1 Å². The predicted molar refractivity (Wildman–Crippen MR) is 87.9 cm³/mol. The fourth-order valence-electron chi connectivity index (χ4n) is 2.39. The second-order valence-electron chi connectivity index (χ2n) is 5.29. The van der Waals surface area contributed by atoms with Gasteiger partial charge in [-0.3, -0.25) is 0 Å². The number of aromatic nitrogens is 3. The highest BCUT2D eigenvalue weighted by Gasteiger charge is 2.19. The largest absolute Gasteiger partial charge is 0.461 e. The molecular weight excluding hydrogens is 309 g/mol. The molecule has 0 saturated carbocycles. The molecule has 1 N–H and O–H groups in total. The number of hydrogen-bond acceptors (Lipinski definition) is 4. The van der Waals surface area contributed by atoms with Crippen LogP contribution in [-0.4, -0.2) is 28.0 Å². The van der Waals surface area contributed by atoms with Crippen LogP contribution in [0.15, 0.2) is 42.5 Å². The van der Waals surface area contributed by atoms with E-state index in [1.54, 1.807) is 19.9 Å². The zero-order valence-corrected chi connectivity index (χ0v) is 13.3. The van der Waals surface area contributed by atoms with Gasteiger partial charge < -0.3 is 4.74 Å². The summed E-state index contributed by atoms with van der Waals surface area (Å²) in [5.74, 6) is -0.792. The summed E-state index contributed by atoms with van der Waals surface area (Å²) >= 11 is 0. The number of carbonyl (C=O) groups excluding carboxylic acids is 1. The van der Waals surface area contributed by atoms with Gasteiger partial charge in [0.2, 0.25) is 0 Å². The summed E-state index contributed by atoms with van der Waals surface area (Å²) in [6.45, 7) is 3.70. The summed E-state index contributed by atoms with van der Waals surface area (Å²) in [7, 11) is 0. The lowest BCUT2D eigenvalue weighted by Crippen LogP contribution is -2.06. The average Bonchev–Trinajstić information content (AvgIpc) is 3.07. The number of hydrogen-bond donors (Lipinski definition) is 1. The first-order chi connectivity index (χ1) is 11.6. The fraction of sp³-hybridized carbons (Fsp3) is 0.167. The van der Waals surface area contributed by atoms with Crippen molar-refractivity contribution in [2.45, 2.75) is 13.8 Å². The van der Waals surface area contributed by atoms with Crippen molar-refractivity contribution in [3.8, 4) is 22.4 Å². The van der Waals surface area contributed by atoms with Gasteiger partial charge >= 0.3 is 5.97 Å². The van der Waals surface area contributed by atoms with Crippen LogP contribution in [0.1, 0.15) is 23.0 Å². The smallest absolute Gasteiger partial charge is 0.361 e. The minimum absolute atomic E-state index is 0.129. The first-order valence-electron chi connectivity index (χ1n) is 7.55. The van der Waals surface area contributed by atoms with Crippen molar-refractivity contribution >= 4 is 5.97 Å². The first-order valence-corrected chi connectivity index (χ1v) is 7.55. The van der Waals surface area contributed by atoms with Crippen LogP contribution in [0.4, 0.5) is 4.39 Å². The Morgan fingerprint density at radius 3 is 2.62 bits per heavy atom. The maximum Gasteiger partial charge on any atom is 0.361 e. The Morgan fingerprint density at radius 1 is 1.12 bits per heavy atom. The predicted octanol–water partition coefficient (Wildman–Crippen LogP) is 3.76. The second-order valence-corrected chi connectivity index (χ2v) is 5.29. The summed E-state index contributed by atoms with van der Waals surface area (Å²) in [6.07, 6.45) is 0. The van der Waals surface area contributed by atoms with Crippen molar-refractivity contribution < 1.29 is 13.9 Å². The average molecular weight is 325 g/mol. The number of halogens is 1. The van der Waals surface area contributed by atoms with Crippen LogP contribution in [-0.2, 0) is 4.74 Å². The van der Waals surface area contributed by atoms with Crippen molar-refractivity contribution in [3.05, 3.63) is 59.5 Å². The van der Waals surface area contributed by atoms with E-state index in [9.17, 15) is 9.18 Å². The molecule has 0 atom stereocenters. The van der Waals surface area contributed by atoms with Gasteiger partial charge in [-0.1, -0.05) is 30.3 Å². The van der Waals surface area contributed by atoms with Crippen molar-refractivity contribution in [1.82, 2.24) is 15.4 Å². The number of nitrogens with one attached hydrogen (secondary N) is 1. The van der Waals surface area contributed by atoms with Gasteiger partial charge in [0.15, 0.2) is 5.69 Å². The molecule has 0 radical (unpaired) electrons. The molecule has 5 nitrogen and oxygen atoms in total. The second kappa shape index (κ2) is 6.62. The molecule has 122 valence electrons. The SMILES string of the molecule is CCOC(=O)c1n[nH]nc1-c1cccc(-c2ccc(C)c(F)c2)c1. The maximum absolute atomic E-state index is 13.8. The van der Waals surface area contributed by atoms with Crippen LogP contribution in [0, 0.1) is 12.7 Å². The highest BCUT2D eigenvalue weighted by atomic mass is 19.1. The van der Waals surface area contributed by atoms with Crippen molar-refractivity contribution in [3.63, 3.8) is 0 Å². The van der Waals surface area contributed by atoms with Gasteiger partial charge in [0.1, 0.15) is 11.5 Å². The molecule has 0 aliphatic heterocycles. The standard InChI is InChI=1S/C18H16FN3O2/c1-3-24-18(23)17-16(20-22-21-17)14-6-4-5-12(9-14)13-8-7-11(2)15(19)10-13/h4-10H,3H2,1-2H3,(H,20,21,22). The maximum atomic E-state index is 13.8. The van der Waals surface area contributed by atoms with Crippen molar-refractivity contribution in [2.24, 2.45) is 0 Å². The molecule has 0 fully saturated rings. The molecule has 0 aliphatic rings. The first kappa shape index (κ1) is 15.9. The number of rotatable bonds is 4. The summed E-state index contributed by atoms with van der Waals surface area (Å²) in [5.41, 5.74) is 3.40. The molecule has 6 heteroatoms. The minimum atomic E-state index is -0.534. The van der Waals surface area contributed by atoms with Crippen molar-refractivity contribution in [2.75, 3.05) is 6.61 Å². The van der Waals surface area contributed by atoms with Crippen molar-refractivity contribution in [1.29, 1.82) is 0 Å². The Balaban J connectivity index is 2.01. The van der Waals surface area contributed by atoms with E-state index >= 15 is 0 Å². The highest BCUT2D eigenvalue weighted by molar-refractivity contribution is 5.94. The molecule has 0 amide bonds. The van der Waals surface area contributed by atoms with E-state index in [0.29, 0.717) is 16.8 Å². The number of ether oxygens (including phenoxy) is 1. The lowest BCUT2D eigenvalue weighted by Gasteiger charge is -2.06. The molecule has 3 rings (SSSR count). The lowest BCUT2D eigenvalue weighted by molar-refractivity contribution is 0.0520. The lowest BCUT2D eigenvalue weighted by atomic mass is 10.00. The number of carbonyl (C=O) groups is 1. The number of aryl methyl sites for hydroxylation is 1. The third-order valence-corrected chi connectivity index (χ3v) is 3.66. The molecule has 0 saturated heterocycles. The summed E-state index contributed by atoms with van der Waals surface area (Å²) in [4.78, 5) is 11.9. The van der Waals surface area contributed by atoms with E-state index in [1.165, 1.54) is 6.07 Å². The van der Waals surface area contributed by atoms with Gasteiger partial charge in [0.05, 0.1) is 6.61 Å². The molecule has 1 heterocycles. The molecule has 1 aromatic heterocycles. The van der Waals surface area contributed by atoms with E-state index in [2.05, 4.69) is 15.4 Å². The van der Waals surface area contributed by atoms with E-state index in [-0.39, 0.29) is 18.1 Å². The number of benzene rings is 2. The fourth-order valence-corrected chi connectivity index (χ4v) is 2.39. The molecule has 0 bridgehead atoms. The number of nitrogens with zero attached hydrogens (tertiary/aromatic N) is 2. The highest BCUT2D eigenvalue weighted by Crippen LogP contribution is 2.27. The minimum Gasteiger partial charge on any atom is -0.461 e. The van der Waals surface area contributed by atoms with Gasteiger partial charge in [-0.05, 0) is 42.7 Å².